The van der Waals surface area contributed by atoms with Crippen LogP contribution in [0.4, 0.5) is 5.69 Å². The van der Waals surface area contributed by atoms with Crippen LogP contribution in [0, 0.1) is 13.8 Å². The molecule has 1 aliphatic heterocycles. The van der Waals surface area contributed by atoms with Crippen LogP contribution in [-0.2, 0) is 4.79 Å². The van der Waals surface area contributed by atoms with Gasteiger partial charge in [0.2, 0.25) is 5.91 Å². The molecule has 0 aromatic heterocycles. The number of carbonyl (C=O) groups excluding carboxylic acids is 1. The highest BCUT2D eigenvalue weighted by molar-refractivity contribution is 5.87. The number of hydrogen-bond acceptors (Lipinski definition) is 3. The van der Waals surface area contributed by atoms with Crippen molar-refractivity contribution >= 4 is 11.6 Å². The molecule has 1 aliphatic rings. The van der Waals surface area contributed by atoms with E-state index in [4.69, 9.17) is 5.73 Å². The number of benzene rings is 1. The lowest BCUT2D eigenvalue weighted by Crippen LogP contribution is -2.61. The van der Waals surface area contributed by atoms with Gasteiger partial charge >= 0.3 is 0 Å². The number of carbonyl (C=O) groups is 1. The Bertz CT molecular complexity index is 458. The molecule has 2 unspecified atom stereocenters. The van der Waals surface area contributed by atoms with Gasteiger partial charge in [-0.1, -0.05) is 12.1 Å². The third-order valence-corrected chi connectivity index (χ3v) is 3.44. The van der Waals surface area contributed by atoms with Gasteiger partial charge in [0.15, 0.2) is 0 Å². The SMILES string of the molecule is Cc1ccc(C)c(N2CC(C)NC(=O)C2CN)c1. The van der Waals surface area contributed by atoms with E-state index in [9.17, 15) is 4.79 Å². The quantitative estimate of drug-likeness (QED) is 0.818. The molecule has 1 fully saturated rings. The van der Waals surface area contributed by atoms with E-state index in [1.807, 2.05) is 6.92 Å². The second-order valence-corrected chi connectivity index (χ2v) is 5.10. The maximum Gasteiger partial charge on any atom is 0.244 e. The fourth-order valence-electron chi connectivity index (χ4n) is 2.48. The summed E-state index contributed by atoms with van der Waals surface area (Å²) in [7, 11) is 0. The Hall–Kier alpha value is -1.55. The average Bonchev–Trinajstić information content (AvgIpc) is 2.31. The summed E-state index contributed by atoms with van der Waals surface area (Å²) in [5.74, 6) is 0.0251. The number of piperazine rings is 1. The molecule has 18 heavy (non-hydrogen) atoms. The summed E-state index contributed by atoms with van der Waals surface area (Å²) in [5, 5.41) is 2.95. The van der Waals surface area contributed by atoms with Gasteiger partial charge in [-0.3, -0.25) is 4.79 Å². The molecule has 1 amide bonds. The fourth-order valence-corrected chi connectivity index (χ4v) is 2.48. The molecule has 0 spiro atoms. The Kier molecular flexibility index (Phi) is 3.57. The second kappa shape index (κ2) is 4.98. The zero-order valence-corrected chi connectivity index (χ0v) is 11.2. The number of rotatable bonds is 2. The Morgan fingerprint density at radius 3 is 2.83 bits per heavy atom. The van der Waals surface area contributed by atoms with Crippen LogP contribution in [0.5, 0.6) is 0 Å². The van der Waals surface area contributed by atoms with E-state index < -0.39 is 0 Å². The van der Waals surface area contributed by atoms with Crippen LogP contribution >= 0.6 is 0 Å². The molecule has 0 saturated carbocycles. The minimum absolute atomic E-state index is 0.0251. The maximum absolute atomic E-state index is 12.0. The van der Waals surface area contributed by atoms with Gasteiger partial charge in [-0.05, 0) is 38.0 Å². The van der Waals surface area contributed by atoms with Gasteiger partial charge in [-0.15, -0.1) is 0 Å². The largest absolute Gasteiger partial charge is 0.356 e. The van der Waals surface area contributed by atoms with Gasteiger partial charge in [0.25, 0.3) is 0 Å². The van der Waals surface area contributed by atoms with Crippen LogP contribution in [0.3, 0.4) is 0 Å². The average molecular weight is 247 g/mol. The van der Waals surface area contributed by atoms with E-state index in [2.05, 4.69) is 42.3 Å². The molecule has 1 aromatic carbocycles. The number of hydrogen-bond donors (Lipinski definition) is 2. The summed E-state index contributed by atoms with van der Waals surface area (Å²) in [6, 6.07) is 6.20. The molecule has 0 radical (unpaired) electrons. The van der Waals surface area contributed by atoms with Crippen LogP contribution in [0.25, 0.3) is 0 Å². The molecule has 4 heteroatoms. The predicted molar refractivity (Wildman–Crippen MR) is 73.7 cm³/mol. The summed E-state index contributed by atoms with van der Waals surface area (Å²) in [5.41, 5.74) is 9.25. The summed E-state index contributed by atoms with van der Waals surface area (Å²) in [6.45, 7) is 7.29. The van der Waals surface area contributed by atoms with Gasteiger partial charge in [-0.2, -0.15) is 0 Å². The molecular formula is C14H21N3O. The van der Waals surface area contributed by atoms with Gasteiger partial charge in [0.05, 0.1) is 0 Å². The predicted octanol–water partition coefficient (Wildman–Crippen LogP) is 0.955. The molecular weight excluding hydrogens is 226 g/mol. The van der Waals surface area contributed by atoms with Gasteiger partial charge in [0, 0.05) is 24.8 Å². The van der Waals surface area contributed by atoms with Crippen LogP contribution in [0.2, 0.25) is 0 Å². The number of anilines is 1. The summed E-state index contributed by atoms with van der Waals surface area (Å²) >= 11 is 0. The van der Waals surface area contributed by atoms with Crippen molar-refractivity contribution in [1.82, 2.24) is 5.32 Å². The number of nitrogens with zero attached hydrogens (tertiary/aromatic N) is 1. The highest BCUT2D eigenvalue weighted by atomic mass is 16.2. The lowest BCUT2D eigenvalue weighted by Gasteiger charge is -2.40. The molecule has 0 bridgehead atoms. The zero-order valence-electron chi connectivity index (χ0n) is 11.2. The van der Waals surface area contributed by atoms with E-state index in [0.717, 1.165) is 12.2 Å². The number of nitrogens with one attached hydrogen (secondary N) is 1. The summed E-state index contributed by atoms with van der Waals surface area (Å²) in [6.07, 6.45) is 0. The Morgan fingerprint density at radius 2 is 2.17 bits per heavy atom. The fraction of sp³-hybridized carbons (Fsp3) is 0.500. The van der Waals surface area contributed by atoms with Crippen LogP contribution < -0.4 is 16.0 Å². The first-order valence-corrected chi connectivity index (χ1v) is 6.37. The van der Waals surface area contributed by atoms with Crippen molar-refractivity contribution in [1.29, 1.82) is 0 Å². The van der Waals surface area contributed by atoms with Crippen molar-refractivity contribution in [2.45, 2.75) is 32.9 Å². The topological polar surface area (TPSA) is 58.4 Å². The molecule has 2 atom stereocenters. The first-order chi connectivity index (χ1) is 8.52. The first-order valence-electron chi connectivity index (χ1n) is 6.37. The van der Waals surface area contributed by atoms with E-state index in [0.29, 0.717) is 6.54 Å². The van der Waals surface area contributed by atoms with E-state index in [1.54, 1.807) is 0 Å². The zero-order chi connectivity index (χ0) is 13.3. The Labute approximate surface area is 108 Å². The van der Waals surface area contributed by atoms with Crippen molar-refractivity contribution in [2.24, 2.45) is 5.73 Å². The smallest absolute Gasteiger partial charge is 0.244 e. The highest BCUT2D eigenvalue weighted by Gasteiger charge is 2.32. The summed E-state index contributed by atoms with van der Waals surface area (Å²) < 4.78 is 0. The molecule has 98 valence electrons. The molecule has 2 rings (SSSR count). The Morgan fingerprint density at radius 1 is 1.44 bits per heavy atom. The molecule has 0 aliphatic carbocycles. The molecule has 4 nitrogen and oxygen atoms in total. The molecule has 1 aromatic rings. The van der Waals surface area contributed by atoms with Crippen molar-refractivity contribution in [3.8, 4) is 0 Å². The van der Waals surface area contributed by atoms with Gasteiger partial charge in [0.1, 0.15) is 6.04 Å². The summed E-state index contributed by atoms with van der Waals surface area (Å²) in [4.78, 5) is 14.1. The second-order valence-electron chi connectivity index (χ2n) is 5.10. The Balaban J connectivity index is 2.39. The van der Waals surface area contributed by atoms with Crippen LogP contribution in [0.1, 0.15) is 18.1 Å². The molecule has 1 saturated heterocycles. The lowest BCUT2D eigenvalue weighted by molar-refractivity contribution is -0.123. The normalized spacial score (nSPS) is 24.0. The van der Waals surface area contributed by atoms with E-state index in [1.165, 1.54) is 11.1 Å². The number of nitrogens with two attached hydrogens (primary N) is 1. The first kappa shape index (κ1) is 12.9. The van der Waals surface area contributed by atoms with Crippen molar-refractivity contribution in [3.63, 3.8) is 0 Å². The lowest BCUT2D eigenvalue weighted by atomic mass is 10.0. The standard InChI is InChI=1S/C14H21N3O/c1-9-4-5-10(2)12(6-9)17-8-11(3)16-14(18)13(17)7-15/h4-6,11,13H,7-8,15H2,1-3H3,(H,16,18). The third-order valence-electron chi connectivity index (χ3n) is 3.44. The van der Waals surface area contributed by atoms with Crippen molar-refractivity contribution in [3.05, 3.63) is 29.3 Å². The number of aryl methyl sites for hydroxylation is 2. The third kappa shape index (κ3) is 2.34. The van der Waals surface area contributed by atoms with Crippen molar-refractivity contribution < 1.29 is 4.79 Å². The minimum atomic E-state index is -0.262. The van der Waals surface area contributed by atoms with E-state index >= 15 is 0 Å². The molecule has 1 heterocycles. The monoisotopic (exact) mass is 247 g/mol. The van der Waals surface area contributed by atoms with E-state index in [-0.39, 0.29) is 18.0 Å². The van der Waals surface area contributed by atoms with Crippen LogP contribution in [0.15, 0.2) is 18.2 Å². The molecule has 3 N–H and O–H groups in total. The van der Waals surface area contributed by atoms with Crippen molar-refractivity contribution in [2.75, 3.05) is 18.0 Å². The van der Waals surface area contributed by atoms with Gasteiger partial charge in [-0.25, -0.2) is 0 Å². The van der Waals surface area contributed by atoms with Gasteiger partial charge < -0.3 is 16.0 Å². The highest BCUT2D eigenvalue weighted by Crippen LogP contribution is 2.25. The minimum Gasteiger partial charge on any atom is -0.356 e. The maximum atomic E-state index is 12.0. The van der Waals surface area contributed by atoms with Crippen LogP contribution in [-0.4, -0.2) is 31.1 Å². The number of amides is 1.